The summed E-state index contributed by atoms with van der Waals surface area (Å²) in [4.78, 5) is 20.9. The summed E-state index contributed by atoms with van der Waals surface area (Å²) in [6.07, 6.45) is 2.87. The Labute approximate surface area is 151 Å². The summed E-state index contributed by atoms with van der Waals surface area (Å²) in [5.41, 5.74) is 1.58. The lowest BCUT2D eigenvalue weighted by Gasteiger charge is -2.26. The van der Waals surface area contributed by atoms with Crippen molar-refractivity contribution in [3.8, 4) is 0 Å². The van der Waals surface area contributed by atoms with Gasteiger partial charge in [0.15, 0.2) is 0 Å². The largest absolute Gasteiger partial charge is 0.463 e. The lowest BCUT2D eigenvalue weighted by Crippen LogP contribution is -2.36. The van der Waals surface area contributed by atoms with Gasteiger partial charge in [-0.1, -0.05) is 22.0 Å². The first kappa shape index (κ1) is 17.3. The number of aliphatic imine (C=N–C) groups is 1. The average molecular weight is 408 g/mol. The van der Waals surface area contributed by atoms with Crippen LogP contribution in [-0.4, -0.2) is 33.3 Å². The quantitative estimate of drug-likeness (QED) is 0.790. The molecule has 1 aliphatic rings. The maximum absolute atomic E-state index is 13.5. The zero-order valence-corrected chi connectivity index (χ0v) is 15.1. The molecule has 3 rings (SSSR count). The first-order valence-electron chi connectivity index (χ1n) is 7.54. The van der Waals surface area contributed by atoms with Crippen molar-refractivity contribution in [2.75, 3.05) is 6.61 Å². The van der Waals surface area contributed by atoms with Crippen LogP contribution in [0.15, 0.2) is 51.6 Å². The van der Waals surface area contributed by atoms with Gasteiger partial charge in [-0.05, 0) is 31.5 Å². The molecule has 1 aromatic carbocycles. The molecule has 7 nitrogen and oxygen atoms in total. The number of carbonyl (C=O) groups is 1. The highest BCUT2D eigenvalue weighted by molar-refractivity contribution is 9.10. The van der Waals surface area contributed by atoms with Crippen molar-refractivity contribution < 1.29 is 13.9 Å². The molecule has 0 bridgehead atoms. The third kappa shape index (κ3) is 3.46. The van der Waals surface area contributed by atoms with Gasteiger partial charge in [-0.3, -0.25) is 0 Å². The van der Waals surface area contributed by atoms with E-state index in [1.807, 2.05) is 0 Å². The summed E-state index contributed by atoms with van der Waals surface area (Å²) < 4.78 is 20.6. The molecule has 0 aliphatic carbocycles. The molecule has 1 N–H and O–H groups in total. The molecule has 9 heteroatoms. The molecule has 0 radical (unpaired) electrons. The average Bonchev–Trinajstić information content (AvgIpc) is 3.08. The van der Waals surface area contributed by atoms with E-state index in [1.165, 1.54) is 29.5 Å². The Morgan fingerprint density at radius 2 is 2.28 bits per heavy atom. The summed E-state index contributed by atoms with van der Waals surface area (Å²) in [6.45, 7) is 3.73. The van der Waals surface area contributed by atoms with Crippen LogP contribution in [0.4, 0.5) is 4.39 Å². The van der Waals surface area contributed by atoms with E-state index < -0.39 is 12.0 Å². The second-order valence-corrected chi connectivity index (χ2v) is 6.10. The smallest absolute Gasteiger partial charge is 0.338 e. The number of allylic oxidation sites excluding steroid dienone is 1. The van der Waals surface area contributed by atoms with Gasteiger partial charge in [-0.15, -0.1) is 0 Å². The van der Waals surface area contributed by atoms with Crippen LogP contribution in [0.2, 0.25) is 0 Å². The molecule has 1 aromatic heterocycles. The highest BCUT2D eigenvalue weighted by Crippen LogP contribution is 2.35. The van der Waals surface area contributed by atoms with Gasteiger partial charge in [0.05, 0.1) is 12.2 Å². The first-order valence-corrected chi connectivity index (χ1v) is 8.33. The van der Waals surface area contributed by atoms with Crippen molar-refractivity contribution in [2.45, 2.75) is 19.9 Å². The maximum Gasteiger partial charge on any atom is 0.338 e. The third-order valence-electron chi connectivity index (χ3n) is 3.62. The Kier molecular flexibility index (Phi) is 4.93. The van der Waals surface area contributed by atoms with Crippen LogP contribution in [0.25, 0.3) is 0 Å². The second-order valence-electron chi connectivity index (χ2n) is 5.25. The van der Waals surface area contributed by atoms with Crippen molar-refractivity contribution in [1.82, 2.24) is 20.1 Å². The Hall–Kier alpha value is -2.55. The first-order chi connectivity index (χ1) is 12.0. The molecular formula is C16H15BrFN5O2. The van der Waals surface area contributed by atoms with Gasteiger partial charge in [0, 0.05) is 10.2 Å². The van der Waals surface area contributed by atoms with E-state index in [0.717, 1.165) is 0 Å². The van der Waals surface area contributed by atoms with Gasteiger partial charge >= 0.3 is 5.97 Å². The fourth-order valence-corrected chi connectivity index (χ4v) is 3.08. The number of nitrogens with one attached hydrogen (secondary N) is 1. The molecule has 1 aliphatic heterocycles. The predicted octanol–water partition coefficient (Wildman–Crippen LogP) is 2.57. The minimum Gasteiger partial charge on any atom is -0.463 e. The standard InChI is InChI=1S/C16H15BrFN5O2/c1-3-25-15(24)13-9(2)21-16(23-8-19-7-20-23)22-14(13)11-5-4-10(18)6-12(11)17/h4-8,14H,3H2,1-2H3,(H,21,22). The summed E-state index contributed by atoms with van der Waals surface area (Å²) in [5.74, 6) is -0.456. The van der Waals surface area contributed by atoms with Crippen molar-refractivity contribution >= 4 is 27.9 Å². The van der Waals surface area contributed by atoms with Gasteiger partial charge in [0.25, 0.3) is 0 Å². The number of hydrogen-bond acceptors (Lipinski definition) is 6. The second kappa shape index (κ2) is 7.14. The molecule has 0 amide bonds. The molecule has 0 saturated carbocycles. The van der Waals surface area contributed by atoms with Gasteiger partial charge in [-0.25, -0.2) is 19.2 Å². The number of hydrogen-bond donors (Lipinski definition) is 1. The number of carbonyl (C=O) groups excluding carboxylic acids is 1. The van der Waals surface area contributed by atoms with Crippen molar-refractivity contribution in [1.29, 1.82) is 0 Å². The summed E-state index contributed by atoms with van der Waals surface area (Å²) in [5, 5.41) is 7.09. The van der Waals surface area contributed by atoms with Crippen LogP contribution in [0.5, 0.6) is 0 Å². The van der Waals surface area contributed by atoms with Crippen LogP contribution in [0, 0.1) is 5.82 Å². The molecule has 0 fully saturated rings. The van der Waals surface area contributed by atoms with Gasteiger partial charge < -0.3 is 10.1 Å². The number of nitrogens with zero attached hydrogens (tertiary/aromatic N) is 4. The van der Waals surface area contributed by atoms with Crippen molar-refractivity contribution in [2.24, 2.45) is 4.99 Å². The van der Waals surface area contributed by atoms with Crippen molar-refractivity contribution in [3.05, 3.63) is 58.0 Å². The fraction of sp³-hybridized carbons (Fsp3) is 0.250. The number of rotatable bonds is 3. The lowest BCUT2D eigenvalue weighted by atomic mass is 9.96. The molecular weight excluding hydrogens is 393 g/mol. The molecule has 25 heavy (non-hydrogen) atoms. The van der Waals surface area contributed by atoms with Crippen LogP contribution >= 0.6 is 15.9 Å². The third-order valence-corrected chi connectivity index (χ3v) is 4.30. The van der Waals surface area contributed by atoms with Crippen LogP contribution in [-0.2, 0) is 9.53 Å². The number of aromatic nitrogens is 3. The Morgan fingerprint density at radius 3 is 2.92 bits per heavy atom. The SMILES string of the molecule is CCOC(=O)C1=C(C)NC(n2cncn2)=NC1c1ccc(F)cc1Br. The number of esters is 1. The lowest BCUT2D eigenvalue weighted by molar-refractivity contribution is -0.138. The normalized spacial score (nSPS) is 17.1. The van der Waals surface area contributed by atoms with E-state index in [1.54, 1.807) is 19.9 Å². The van der Waals surface area contributed by atoms with Crippen molar-refractivity contribution in [3.63, 3.8) is 0 Å². The topological polar surface area (TPSA) is 81.4 Å². The van der Waals surface area contributed by atoms with Gasteiger partial charge in [0.2, 0.25) is 5.96 Å². The van der Waals surface area contributed by atoms with E-state index in [2.05, 4.69) is 36.3 Å². The Balaban J connectivity index is 2.11. The predicted molar refractivity (Wildman–Crippen MR) is 92.2 cm³/mol. The molecule has 0 saturated heterocycles. The van der Waals surface area contributed by atoms with Crippen LogP contribution < -0.4 is 5.32 Å². The van der Waals surface area contributed by atoms with Gasteiger partial charge in [0.1, 0.15) is 24.5 Å². The monoisotopic (exact) mass is 407 g/mol. The molecule has 1 unspecified atom stereocenters. The highest BCUT2D eigenvalue weighted by atomic mass is 79.9. The minimum absolute atomic E-state index is 0.243. The maximum atomic E-state index is 13.5. The van der Waals surface area contributed by atoms with E-state index in [9.17, 15) is 9.18 Å². The Morgan fingerprint density at radius 1 is 1.48 bits per heavy atom. The molecule has 130 valence electrons. The number of ether oxygens (including phenoxy) is 1. The summed E-state index contributed by atoms with van der Waals surface area (Å²) in [7, 11) is 0. The summed E-state index contributed by atoms with van der Waals surface area (Å²) in [6, 6.07) is 3.57. The van der Waals surface area contributed by atoms with Gasteiger partial charge in [-0.2, -0.15) is 9.78 Å². The summed E-state index contributed by atoms with van der Waals surface area (Å²) >= 11 is 3.35. The number of benzene rings is 1. The van der Waals surface area contributed by atoms with E-state index in [-0.39, 0.29) is 12.4 Å². The minimum atomic E-state index is -0.672. The zero-order valence-electron chi connectivity index (χ0n) is 13.5. The zero-order chi connectivity index (χ0) is 18.0. The van der Waals surface area contributed by atoms with Crippen LogP contribution in [0.3, 0.4) is 0 Å². The Bertz CT molecular complexity index is 863. The van der Waals surface area contributed by atoms with E-state index in [0.29, 0.717) is 27.3 Å². The van der Waals surface area contributed by atoms with E-state index >= 15 is 0 Å². The molecule has 2 heterocycles. The fourth-order valence-electron chi connectivity index (χ4n) is 2.52. The highest BCUT2D eigenvalue weighted by Gasteiger charge is 2.32. The molecule has 1 atom stereocenters. The van der Waals surface area contributed by atoms with E-state index in [4.69, 9.17) is 4.74 Å². The number of halogens is 2. The van der Waals surface area contributed by atoms with Crippen LogP contribution in [0.1, 0.15) is 25.5 Å². The molecule has 0 spiro atoms. The molecule has 2 aromatic rings.